The van der Waals surface area contributed by atoms with Crippen LogP contribution in [-0.2, 0) is 11.2 Å². The molecule has 3 aromatic rings. The molecule has 6 nitrogen and oxygen atoms in total. The van der Waals surface area contributed by atoms with E-state index in [2.05, 4.69) is 26.6 Å². The summed E-state index contributed by atoms with van der Waals surface area (Å²) in [7, 11) is 0. The predicted octanol–water partition coefficient (Wildman–Crippen LogP) is 4.96. The van der Waals surface area contributed by atoms with Crippen LogP contribution in [0.2, 0.25) is 0 Å². The first-order chi connectivity index (χ1) is 15.0. The molecule has 0 atom stereocenters. The van der Waals surface area contributed by atoms with E-state index in [4.69, 9.17) is 9.47 Å². The zero-order valence-corrected chi connectivity index (χ0v) is 18.5. The number of ether oxygens (including phenoxy) is 2. The highest BCUT2D eigenvalue weighted by atomic mass is 79.9. The standard InChI is InChI=1S/C24H21BrN2O4/c1-15-19(8-5-9-20(15)27-24(29)16-6-3-2-4-7-16)26-23(28)13-17-12-21-22(14-18(17)25)31-11-10-30-21/h2-9,12,14H,10-11,13H2,1H3,(H,26,28)(H,27,29). The maximum absolute atomic E-state index is 12.7. The third-order valence-corrected chi connectivity index (χ3v) is 5.69. The second kappa shape index (κ2) is 9.22. The van der Waals surface area contributed by atoms with Gasteiger partial charge in [-0.15, -0.1) is 0 Å². The monoisotopic (exact) mass is 480 g/mol. The summed E-state index contributed by atoms with van der Waals surface area (Å²) in [5, 5.41) is 5.84. The summed E-state index contributed by atoms with van der Waals surface area (Å²) >= 11 is 3.50. The average molecular weight is 481 g/mol. The van der Waals surface area contributed by atoms with Gasteiger partial charge >= 0.3 is 0 Å². The Hall–Kier alpha value is -3.32. The van der Waals surface area contributed by atoms with Gasteiger partial charge in [0.25, 0.3) is 5.91 Å². The van der Waals surface area contributed by atoms with Gasteiger partial charge in [0.1, 0.15) is 13.2 Å². The molecule has 0 spiro atoms. The highest BCUT2D eigenvalue weighted by molar-refractivity contribution is 9.10. The first kappa shape index (κ1) is 20.9. The molecule has 2 N–H and O–H groups in total. The van der Waals surface area contributed by atoms with Gasteiger partial charge in [0.2, 0.25) is 5.91 Å². The smallest absolute Gasteiger partial charge is 0.255 e. The normalized spacial score (nSPS) is 12.2. The van der Waals surface area contributed by atoms with Crippen LogP contribution in [0.1, 0.15) is 21.5 Å². The summed E-state index contributed by atoms with van der Waals surface area (Å²) in [5.41, 5.74) is 3.44. The number of hydrogen-bond donors (Lipinski definition) is 2. The maximum Gasteiger partial charge on any atom is 0.255 e. The topological polar surface area (TPSA) is 76.7 Å². The van der Waals surface area contributed by atoms with E-state index < -0.39 is 0 Å². The minimum atomic E-state index is -0.201. The van der Waals surface area contributed by atoms with Crippen LogP contribution in [0, 0.1) is 6.92 Å². The molecular weight excluding hydrogens is 460 g/mol. The second-order valence-corrected chi connectivity index (χ2v) is 7.96. The van der Waals surface area contributed by atoms with Gasteiger partial charge in [-0.2, -0.15) is 0 Å². The summed E-state index contributed by atoms with van der Waals surface area (Å²) in [6.07, 6.45) is 0.164. The molecule has 0 aromatic heterocycles. The number of amides is 2. The number of anilines is 2. The molecule has 3 aromatic carbocycles. The highest BCUT2D eigenvalue weighted by Crippen LogP contribution is 2.36. The lowest BCUT2D eigenvalue weighted by Crippen LogP contribution is -2.18. The molecule has 1 aliphatic heterocycles. The van der Waals surface area contributed by atoms with Crippen LogP contribution in [0.5, 0.6) is 11.5 Å². The maximum atomic E-state index is 12.7. The van der Waals surface area contributed by atoms with E-state index in [0.29, 0.717) is 41.7 Å². The fourth-order valence-electron chi connectivity index (χ4n) is 3.30. The summed E-state index contributed by atoms with van der Waals surface area (Å²) in [5.74, 6) is 0.929. The van der Waals surface area contributed by atoms with Gasteiger partial charge in [-0.05, 0) is 54.4 Å². The molecule has 31 heavy (non-hydrogen) atoms. The van der Waals surface area contributed by atoms with E-state index in [1.165, 1.54) is 0 Å². The molecule has 1 aliphatic rings. The Labute approximate surface area is 188 Å². The number of nitrogens with one attached hydrogen (secondary N) is 2. The van der Waals surface area contributed by atoms with Crippen molar-refractivity contribution in [2.75, 3.05) is 23.8 Å². The van der Waals surface area contributed by atoms with Gasteiger partial charge in [-0.1, -0.05) is 40.2 Å². The third-order valence-electron chi connectivity index (χ3n) is 4.95. The zero-order valence-electron chi connectivity index (χ0n) is 16.9. The fourth-order valence-corrected chi connectivity index (χ4v) is 3.76. The Morgan fingerprint density at radius 2 is 1.55 bits per heavy atom. The molecule has 0 saturated carbocycles. The minimum Gasteiger partial charge on any atom is -0.486 e. The van der Waals surface area contributed by atoms with E-state index in [1.54, 1.807) is 18.2 Å². The molecule has 0 unspecified atom stereocenters. The SMILES string of the molecule is Cc1c(NC(=O)Cc2cc3c(cc2Br)OCCO3)cccc1NC(=O)c1ccccc1. The van der Waals surface area contributed by atoms with Crippen LogP contribution in [0.25, 0.3) is 0 Å². The lowest BCUT2D eigenvalue weighted by molar-refractivity contribution is -0.115. The second-order valence-electron chi connectivity index (χ2n) is 7.11. The van der Waals surface area contributed by atoms with E-state index in [0.717, 1.165) is 15.6 Å². The van der Waals surface area contributed by atoms with Crippen molar-refractivity contribution in [1.29, 1.82) is 0 Å². The molecule has 158 valence electrons. The Balaban J connectivity index is 1.46. The van der Waals surface area contributed by atoms with Gasteiger partial charge in [0.15, 0.2) is 11.5 Å². The fraction of sp³-hybridized carbons (Fsp3) is 0.167. The van der Waals surface area contributed by atoms with Crippen molar-refractivity contribution in [2.45, 2.75) is 13.3 Å². The van der Waals surface area contributed by atoms with E-state index in [1.807, 2.05) is 49.4 Å². The lowest BCUT2D eigenvalue weighted by Gasteiger charge is -2.20. The predicted molar refractivity (Wildman–Crippen MR) is 123 cm³/mol. The first-order valence-corrected chi connectivity index (χ1v) is 10.6. The van der Waals surface area contributed by atoms with Gasteiger partial charge < -0.3 is 20.1 Å². The molecular formula is C24H21BrN2O4. The molecule has 0 aliphatic carbocycles. The molecule has 2 amide bonds. The number of carbonyl (C=O) groups is 2. The molecule has 0 fully saturated rings. The molecule has 0 radical (unpaired) electrons. The number of benzene rings is 3. The van der Waals surface area contributed by atoms with Crippen LogP contribution in [-0.4, -0.2) is 25.0 Å². The van der Waals surface area contributed by atoms with Crippen molar-refractivity contribution in [2.24, 2.45) is 0 Å². The van der Waals surface area contributed by atoms with Crippen molar-refractivity contribution >= 4 is 39.1 Å². The Kier molecular flexibility index (Phi) is 6.23. The Bertz CT molecular complexity index is 1130. The van der Waals surface area contributed by atoms with Crippen molar-refractivity contribution in [1.82, 2.24) is 0 Å². The largest absolute Gasteiger partial charge is 0.486 e. The zero-order chi connectivity index (χ0) is 21.8. The van der Waals surface area contributed by atoms with Crippen LogP contribution in [0.4, 0.5) is 11.4 Å². The minimum absolute atomic E-state index is 0.164. The Morgan fingerprint density at radius 1 is 0.903 bits per heavy atom. The van der Waals surface area contributed by atoms with E-state index in [-0.39, 0.29) is 18.2 Å². The number of hydrogen-bond acceptors (Lipinski definition) is 4. The summed E-state index contributed by atoms with van der Waals surface area (Å²) in [4.78, 5) is 25.2. The summed E-state index contributed by atoms with van der Waals surface area (Å²) < 4.78 is 12.0. The average Bonchev–Trinajstić information content (AvgIpc) is 2.77. The van der Waals surface area contributed by atoms with Crippen molar-refractivity contribution in [3.63, 3.8) is 0 Å². The van der Waals surface area contributed by atoms with Crippen LogP contribution >= 0.6 is 15.9 Å². The van der Waals surface area contributed by atoms with Gasteiger partial charge in [-0.3, -0.25) is 9.59 Å². The third kappa shape index (κ3) is 4.88. The molecule has 0 saturated heterocycles. The van der Waals surface area contributed by atoms with Crippen molar-refractivity contribution in [3.05, 3.63) is 81.8 Å². The lowest BCUT2D eigenvalue weighted by atomic mass is 10.1. The molecule has 4 rings (SSSR count). The van der Waals surface area contributed by atoms with Crippen LogP contribution < -0.4 is 20.1 Å². The highest BCUT2D eigenvalue weighted by Gasteiger charge is 2.17. The van der Waals surface area contributed by atoms with Gasteiger partial charge in [0.05, 0.1) is 6.42 Å². The number of halogens is 1. The van der Waals surface area contributed by atoms with E-state index >= 15 is 0 Å². The molecule has 7 heteroatoms. The van der Waals surface area contributed by atoms with Gasteiger partial charge in [-0.25, -0.2) is 0 Å². The van der Waals surface area contributed by atoms with E-state index in [9.17, 15) is 9.59 Å². The van der Waals surface area contributed by atoms with Crippen molar-refractivity contribution in [3.8, 4) is 11.5 Å². The van der Waals surface area contributed by atoms with Crippen LogP contribution in [0.3, 0.4) is 0 Å². The number of fused-ring (bicyclic) bond motifs is 1. The van der Waals surface area contributed by atoms with Crippen molar-refractivity contribution < 1.29 is 19.1 Å². The quantitative estimate of drug-likeness (QED) is 0.540. The number of rotatable bonds is 5. The molecule has 0 bridgehead atoms. The van der Waals surface area contributed by atoms with Gasteiger partial charge in [0, 0.05) is 21.4 Å². The Morgan fingerprint density at radius 3 is 2.26 bits per heavy atom. The summed E-state index contributed by atoms with van der Waals surface area (Å²) in [6.45, 7) is 2.85. The first-order valence-electron chi connectivity index (χ1n) is 9.85. The number of carbonyl (C=O) groups excluding carboxylic acids is 2. The van der Waals surface area contributed by atoms with Crippen LogP contribution in [0.15, 0.2) is 65.1 Å². The summed E-state index contributed by atoms with van der Waals surface area (Å²) in [6, 6.07) is 18.0. The molecule has 1 heterocycles.